The number of amides is 2. The van der Waals surface area contributed by atoms with E-state index in [0.717, 1.165) is 22.4 Å². The molecule has 0 saturated heterocycles. The first kappa shape index (κ1) is 20.5. The van der Waals surface area contributed by atoms with Crippen molar-refractivity contribution >= 4 is 11.8 Å². The quantitative estimate of drug-likeness (QED) is 0.779. The SMILES string of the molecule is CC[C@H](C(=O)NC)N(Cc1ccc(C)cc1)C(=O)Cc1ccc(OC)cc1. The second-order valence-electron chi connectivity index (χ2n) is 6.57. The summed E-state index contributed by atoms with van der Waals surface area (Å²) in [4.78, 5) is 27.1. The van der Waals surface area contributed by atoms with Gasteiger partial charge < -0.3 is 15.0 Å². The molecule has 27 heavy (non-hydrogen) atoms. The molecule has 0 aliphatic rings. The number of methoxy groups -OCH3 is 1. The topological polar surface area (TPSA) is 58.6 Å². The highest BCUT2D eigenvalue weighted by atomic mass is 16.5. The fraction of sp³-hybridized carbons (Fsp3) is 0.364. The van der Waals surface area contributed by atoms with Gasteiger partial charge in [0.15, 0.2) is 0 Å². The minimum absolute atomic E-state index is 0.0730. The minimum Gasteiger partial charge on any atom is -0.497 e. The van der Waals surface area contributed by atoms with Gasteiger partial charge in [0.2, 0.25) is 11.8 Å². The maximum Gasteiger partial charge on any atom is 0.242 e. The van der Waals surface area contributed by atoms with Crippen molar-refractivity contribution in [3.8, 4) is 5.75 Å². The number of carbonyl (C=O) groups is 2. The average molecular weight is 368 g/mol. The number of likely N-dealkylation sites (N-methyl/N-ethyl adjacent to an activating group) is 1. The molecule has 2 rings (SSSR count). The van der Waals surface area contributed by atoms with E-state index in [-0.39, 0.29) is 18.2 Å². The summed E-state index contributed by atoms with van der Waals surface area (Å²) in [6.07, 6.45) is 0.795. The second kappa shape index (κ2) is 9.76. The molecule has 0 heterocycles. The van der Waals surface area contributed by atoms with Crippen molar-refractivity contribution in [3.05, 3.63) is 65.2 Å². The molecule has 0 aliphatic carbocycles. The average Bonchev–Trinajstić information content (AvgIpc) is 2.69. The van der Waals surface area contributed by atoms with Crippen molar-refractivity contribution < 1.29 is 14.3 Å². The molecule has 2 amide bonds. The van der Waals surface area contributed by atoms with E-state index in [4.69, 9.17) is 4.74 Å². The van der Waals surface area contributed by atoms with Crippen LogP contribution in [0.3, 0.4) is 0 Å². The first-order chi connectivity index (χ1) is 13.0. The van der Waals surface area contributed by atoms with Crippen LogP contribution in [0.4, 0.5) is 0 Å². The molecule has 0 fully saturated rings. The number of rotatable bonds is 8. The second-order valence-corrected chi connectivity index (χ2v) is 6.57. The van der Waals surface area contributed by atoms with Crippen LogP contribution in [0.5, 0.6) is 5.75 Å². The molecule has 5 heteroatoms. The maximum absolute atomic E-state index is 13.1. The molecule has 5 nitrogen and oxygen atoms in total. The lowest BCUT2D eigenvalue weighted by Gasteiger charge is -2.30. The van der Waals surface area contributed by atoms with Crippen LogP contribution in [0.2, 0.25) is 0 Å². The summed E-state index contributed by atoms with van der Waals surface area (Å²) in [5, 5.41) is 2.68. The monoisotopic (exact) mass is 368 g/mol. The van der Waals surface area contributed by atoms with Gasteiger partial charge in [0.25, 0.3) is 0 Å². The number of aryl methyl sites for hydroxylation is 1. The van der Waals surface area contributed by atoms with Crippen LogP contribution in [0.25, 0.3) is 0 Å². The highest BCUT2D eigenvalue weighted by molar-refractivity contribution is 5.88. The number of carbonyl (C=O) groups excluding carboxylic acids is 2. The van der Waals surface area contributed by atoms with Crippen molar-refractivity contribution in [1.82, 2.24) is 10.2 Å². The van der Waals surface area contributed by atoms with Gasteiger partial charge in [-0.2, -0.15) is 0 Å². The molecule has 0 aromatic heterocycles. The molecular weight excluding hydrogens is 340 g/mol. The number of nitrogens with zero attached hydrogens (tertiary/aromatic N) is 1. The van der Waals surface area contributed by atoms with E-state index < -0.39 is 6.04 Å². The lowest BCUT2D eigenvalue weighted by Crippen LogP contribution is -2.48. The molecule has 0 saturated carbocycles. The van der Waals surface area contributed by atoms with Crippen LogP contribution >= 0.6 is 0 Å². The molecule has 2 aromatic rings. The van der Waals surface area contributed by atoms with E-state index in [2.05, 4.69) is 5.32 Å². The van der Waals surface area contributed by atoms with Gasteiger partial charge in [0.05, 0.1) is 13.5 Å². The first-order valence-electron chi connectivity index (χ1n) is 9.18. The zero-order valence-corrected chi connectivity index (χ0v) is 16.5. The Morgan fingerprint density at radius 2 is 1.63 bits per heavy atom. The zero-order valence-electron chi connectivity index (χ0n) is 16.5. The van der Waals surface area contributed by atoms with Crippen LogP contribution < -0.4 is 10.1 Å². The van der Waals surface area contributed by atoms with Crippen molar-refractivity contribution in [2.75, 3.05) is 14.2 Å². The largest absolute Gasteiger partial charge is 0.497 e. The highest BCUT2D eigenvalue weighted by Crippen LogP contribution is 2.17. The third-order valence-corrected chi connectivity index (χ3v) is 4.62. The fourth-order valence-electron chi connectivity index (χ4n) is 3.00. The lowest BCUT2D eigenvalue weighted by atomic mass is 10.1. The Morgan fingerprint density at radius 1 is 1.04 bits per heavy atom. The molecule has 0 radical (unpaired) electrons. The molecule has 0 unspecified atom stereocenters. The van der Waals surface area contributed by atoms with E-state index in [1.54, 1.807) is 19.1 Å². The Labute approximate surface area is 161 Å². The summed E-state index contributed by atoms with van der Waals surface area (Å²) in [5.41, 5.74) is 3.06. The Morgan fingerprint density at radius 3 is 2.15 bits per heavy atom. The van der Waals surface area contributed by atoms with E-state index >= 15 is 0 Å². The van der Waals surface area contributed by atoms with Crippen molar-refractivity contribution in [2.45, 2.75) is 39.3 Å². The molecule has 0 spiro atoms. The number of nitrogens with one attached hydrogen (secondary N) is 1. The zero-order chi connectivity index (χ0) is 19.8. The third-order valence-electron chi connectivity index (χ3n) is 4.62. The summed E-state index contributed by atoms with van der Waals surface area (Å²) in [6.45, 7) is 4.35. The lowest BCUT2D eigenvalue weighted by molar-refractivity contribution is -0.140. The van der Waals surface area contributed by atoms with Crippen molar-refractivity contribution in [2.24, 2.45) is 0 Å². The van der Waals surface area contributed by atoms with Gasteiger partial charge in [-0.3, -0.25) is 9.59 Å². The fourth-order valence-corrected chi connectivity index (χ4v) is 3.00. The normalized spacial score (nSPS) is 11.6. The number of benzene rings is 2. The number of hydrogen-bond donors (Lipinski definition) is 1. The number of ether oxygens (including phenoxy) is 1. The molecular formula is C22H28N2O3. The van der Waals surface area contributed by atoms with Crippen LogP contribution in [0.1, 0.15) is 30.0 Å². The minimum atomic E-state index is -0.498. The molecule has 1 atom stereocenters. The van der Waals surface area contributed by atoms with Crippen LogP contribution in [0, 0.1) is 6.92 Å². The molecule has 144 valence electrons. The van der Waals surface area contributed by atoms with E-state index in [9.17, 15) is 9.59 Å². The van der Waals surface area contributed by atoms with Gasteiger partial charge in [-0.05, 0) is 36.6 Å². The first-order valence-corrected chi connectivity index (χ1v) is 9.18. The Bertz CT molecular complexity index is 754. The highest BCUT2D eigenvalue weighted by Gasteiger charge is 2.27. The predicted molar refractivity (Wildman–Crippen MR) is 107 cm³/mol. The van der Waals surface area contributed by atoms with Crippen LogP contribution in [-0.2, 0) is 22.6 Å². The van der Waals surface area contributed by atoms with Gasteiger partial charge in [-0.25, -0.2) is 0 Å². The Kier molecular flexibility index (Phi) is 7.41. The summed E-state index contributed by atoms with van der Waals surface area (Å²) in [6, 6.07) is 15.0. The van der Waals surface area contributed by atoms with E-state index in [1.807, 2.05) is 62.4 Å². The summed E-state index contributed by atoms with van der Waals surface area (Å²) in [7, 11) is 3.21. The molecule has 0 bridgehead atoms. The Balaban J connectivity index is 2.24. The van der Waals surface area contributed by atoms with Gasteiger partial charge >= 0.3 is 0 Å². The van der Waals surface area contributed by atoms with Gasteiger partial charge in [-0.1, -0.05) is 48.9 Å². The van der Waals surface area contributed by atoms with E-state index in [0.29, 0.717) is 13.0 Å². The molecule has 1 N–H and O–H groups in total. The number of hydrogen-bond acceptors (Lipinski definition) is 3. The van der Waals surface area contributed by atoms with Gasteiger partial charge in [-0.15, -0.1) is 0 Å². The van der Waals surface area contributed by atoms with Crippen LogP contribution in [-0.4, -0.2) is 36.9 Å². The summed E-state index contributed by atoms with van der Waals surface area (Å²) < 4.78 is 5.16. The maximum atomic E-state index is 13.1. The summed E-state index contributed by atoms with van der Waals surface area (Å²) in [5.74, 6) is 0.531. The summed E-state index contributed by atoms with van der Waals surface area (Å²) >= 11 is 0. The standard InChI is InChI=1S/C22H28N2O3/c1-5-20(22(26)23-3)24(15-18-8-6-16(2)7-9-18)21(25)14-17-10-12-19(27-4)13-11-17/h6-13,20H,5,14-15H2,1-4H3,(H,23,26)/t20-/m1/s1. The van der Waals surface area contributed by atoms with E-state index in [1.165, 1.54) is 0 Å². The van der Waals surface area contributed by atoms with Crippen molar-refractivity contribution in [1.29, 1.82) is 0 Å². The molecule has 2 aromatic carbocycles. The predicted octanol–water partition coefficient (Wildman–Crippen LogP) is 3.10. The molecule has 0 aliphatic heterocycles. The Hall–Kier alpha value is -2.82. The smallest absolute Gasteiger partial charge is 0.242 e. The van der Waals surface area contributed by atoms with Gasteiger partial charge in [0.1, 0.15) is 11.8 Å². The third kappa shape index (κ3) is 5.58. The van der Waals surface area contributed by atoms with Gasteiger partial charge in [0, 0.05) is 13.6 Å². The van der Waals surface area contributed by atoms with Crippen LogP contribution in [0.15, 0.2) is 48.5 Å². The van der Waals surface area contributed by atoms with Crippen molar-refractivity contribution in [3.63, 3.8) is 0 Å².